The van der Waals surface area contributed by atoms with Crippen LogP contribution in [0, 0.1) is 5.92 Å². The molecule has 1 aliphatic carbocycles. The lowest BCUT2D eigenvalue weighted by molar-refractivity contribution is 0.0997. The highest BCUT2D eigenvalue weighted by molar-refractivity contribution is 7.99. The molecule has 2 fully saturated rings. The first kappa shape index (κ1) is 11.7. The zero-order valence-corrected chi connectivity index (χ0v) is 10.3. The van der Waals surface area contributed by atoms with E-state index in [9.17, 15) is 5.11 Å². The molecule has 15 heavy (non-hydrogen) atoms. The Morgan fingerprint density at radius 3 is 2.87 bits per heavy atom. The minimum absolute atomic E-state index is 0.0220. The largest absolute Gasteiger partial charge is 0.393 e. The molecule has 2 nitrogen and oxygen atoms in total. The van der Waals surface area contributed by atoms with E-state index in [1.165, 1.54) is 37.2 Å². The van der Waals surface area contributed by atoms with Crippen molar-refractivity contribution in [1.29, 1.82) is 0 Å². The molecule has 0 amide bonds. The summed E-state index contributed by atoms with van der Waals surface area (Å²) in [7, 11) is 0. The lowest BCUT2D eigenvalue weighted by Gasteiger charge is -2.29. The van der Waals surface area contributed by atoms with Gasteiger partial charge in [0.25, 0.3) is 0 Å². The number of thioether (sulfide) groups is 1. The van der Waals surface area contributed by atoms with Crippen LogP contribution in [-0.4, -0.2) is 35.3 Å². The van der Waals surface area contributed by atoms with Crippen LogP contribution in [0.25, 0.3) is 0 Å². The van der Waals surface area contributed by atoms with Gasteiger partial charge in [-0.1, -0.05) is 6.42 Å². The predicted molar refractivity (Wildman–Crippen MR) is 66.3 cm³/mol. The zero-order chi connectivity index (χ0) is 10.5. The van der Waals surface area contributed by atoms with Gasteiger partial charge in [0.1, 0.15) is 0 Å². The van der Waals surface area contributed by atoms with Crippen LogP contribution in [0.5, 0.6) is 0 Å². The molecular formula is C12H23NOS. The molecule has 3 unspecified atom stereocenters. The van der Waals surface area contributed by atoms with Gasteiger partial charge in [-0.05, 0) is 50.3 Å². The minimum atomic E-state index is -0.0220. The fourth-order valence-corrected chi connectivity index (χ4v) is 3.79. The Balaban J connectivity index is 1.63. The normalized spacial score (nSPS) is 37.8. The smallest absolute Gasteiger partial charge is 0.0543 e. The standard InChI is InChI=1S/C12H23NOS/c14-12-5-1-3-10(7-12)8-13-11-4-2-6-15-9-11/h10-14H,1-9H2. The maximum atomic E-state index is 9.58. The van der Waals surface area contributed by atoms with E-state index in [2.05, 4.69) is 17.1 Å². The molecule has 3 heteroatoms. The molecule has 1 heterocycles. The van der Waals surface area contributed by atoms with Gasteiger partial charge in [0.05, 0.1) is 6.10 Å². The van der Waals surface area contributed by atoms with E-state index in [0.717, 1.165) is 31.3 Å². The van der Waals surface area contributed by atoms with Crippen molar-refractivity contribution < 1.29 is 5.11 Å². The highest BCUT2D eigenvalue weighted by atomic mass is 32.2. The Morgan fingerprint density at radius 1 is 1.20 bits per heavy atom. The van der Waals surface area contributed by atoms with Gasteiger partial charge < -0.3 is 10.4 Å². The Bertz CT molecular complexity index is 182. The van der Waals surface area contributed by atoms with Crippen LogP contribution < -0.4 is 5.32 Å². The van der Waals surface area contributed by atoms with Gasteiger partial charge >= 0.3 is 0 Å². The van der Waals surface area contributed by atoms with E-state index in [1.807, 2.05) is 0 Å². The van der Waals surface area contributed by atoms with Crippen LogP contribution in [0.2, 0.25) is 0 Å². The van der Waals surface area contributed by atoms with Crippen molar-refractivity contribution >= 4 is 11.8 Å². The second-order valence-electron chi connectivity index (χ2n) is 5.01. The first-order chi connectivity index (χ1) is 7.34. The topological polar surface area (TPSA) is 32.3 Å². The lowest BCUT2D eigenvalue weighted by Crippen LogP contribution is -2.38. The summed E-state index contributed by atoms with van der Waals surface area (Å²) in [6.45, 7) is 1.13. The van der Waals surface area contributed by atoms with E-state index < -0.39 is 0 Å². The van der Waals surface area contributed by atoms with Crippen molar-refractivity contribution in [3.05, 3.63) is 0 Å². The number of aliphatic hydroxyl groups excluding tert-OH is 1. The molecule has 0 aromatic rings. The van der Waals surface area contributed by atoms with Crippen LogP contribution in [0.3, 0.4) is 0 Å². The van der Waals surface area contributed by atoms with Gasteiger partial charge in [-0.15, -0.1) is 0 Å². The highest BCUT2D eigenvalue weighted by Crippen LogP contribution is 2.24. The maximum absolute atomic E-state index is 9.58. The van der Waals surface area contributed by atoms with Crippen molar-refractivity contribution in [1.82, 2.24) is 5.32 Å². The summed E-state index contributed by atoms with van der Waals surface area (Å²) in [6, 6.07) is 0.739. The average Bonchev–Trinajstić information content (AvgIpc) is 2.28. The fraction of sp³-hybridized carbons (Fsp3) is 1.00. The average molecular weight is 229 g/mol. The number of nitrogens with one attached hydrogen (secondary N) is 1. The molecule has 0 aromatic heterocycles. The van der Waals surface area contributed by atoms with Crippen molar-refractivity contribution in [3.8, 4) is 0 Å². The number of hydrogen-bond donors (Lipinski definition) is 2. The zero-order valence-electron chi connectivity index (χ0n) is 9.45. The molecule has 0 aromatic carbocycles. The summed E-state index contributed by atoms with van der Waals surface area (Å²) in [5.41, 5.74) is 0. The molecule has 1 aliphatic heterocycles. The fourth-order valence-electron chi connectivity index (χ4n) is 2.68. The monoisotopic (exact) mass is 229 g/mol. The predicted octanol–water partition coefficient (Wildman–Crippen LogP) is 2.02. The molecule has 88 valence electrons. The molecule has 0 radical (unpaired) electrons. The highest BCUT2D eigenvalue weighted by Gasteiger charge is 2.21. The summed E-state index contributed by atoms with van der Waals surface area (Å²) < 4.78 is 0. The van der Waals surface area contributed by atoms with E-state index in [0.29, 0.717) is 0 Å². The van der Waals surface area contributed by atoms with Crippen molar-refractivity contribution in [2.75, 3.05) is 18.1 Å². The Morgan fingerprint density at radius 2 is 2.13 bits per heavy atom. The number of hydrogen-bond acceptors (Lipinski definition) is 3. The van der Waals surface area contributed by atoms with E-state index in [4.69, 9.17) is 0 Å². The van der Waals surface area contributed by atoms with Gasteiger partial charge in [-0.3, -0.25) is 0 Å². The summed E-state index contributed by atoms with van der Waals surface area (Å²) >= 11 is 2.08. The number of rotatable bonds is 3. The van der Waals surface area contributed by atoms with Gasteiger partial charge in [0, 0.05) is 11.8 Å². The third kappa shape index (κ3) is 3.97. The summed E-state index contributed by atoms with van der Waals surface area (Å²) in [6.07, 6.45) is 7.27. The molecule has 2 aliphatic rings. The van der Waals surface area contributed by atoms with Crippen LogP contribution in [0.15, 0.2) is 0 Å². The second-order valence-corrected chi connectivity index (χ2v) is 6.16. The second kappa shape index (κ2) is 6.12. The van der Waals surface area contributed by atoms with Gasteiger partial charge in [-0.25, -0.2) is 0 Å². The molecule has 3 atom stereocenters. The van der Waals surface area contributed by atoms with E-state index in [1.54, 1.807) is 0 Å². The van der Waals surface area contributed by atoms with Gasteiger partial charge in [0.15, 0.2) is 0 Å². The Labute approximate surface area is 97.2 Å². The third-order valence-electron chi connectivity index (χ3n) is 3.61. The van der Waals surface area contributed by atoms with Gasteiger partial charge in [-0.2, -0.15) is 11.8 Å². The first-order valence-electron chi connectivity index (χ1n) is 6.34. The lowest BCUT2D eigenvalue weighted by atomic mass is 9.87. The Hall–Kier alpha value is 0.270. The molecule has 0 spiro atoms. The number of aliphatic hydroxyl groups is 1. The molecular weight excluding hydrogens is 206 g/mol. The van der Waals surface area contributed by atoms with E-state index in [-0.39, 0.29) is 6.10 Å². The molecule has 2 N–H and O–H groups in total. The van der Waals surface area contributed by atoms with Crippen LogP contribution >= 0.6 is 11.8 Å². The van der Waals surface area contributed by atoms with Crippen molar-refractivity contribution in [3.63, 3.8) is 0 Å². The summed E-state index contributed by atoms with van der Waals surface area (Å²) in [5, 5.41) is 13.3. The Kier molecular flexibility index (Phi) is 4.79. The van der Waals surface area contributed by atoms with Gasteiger partial charge in [0.2, 0.25) is 0 Å². The molecule has 0 bridgehead atoms. The van der Waals surface area contributed by atoms with Crippen LogP contribution in [-0.2, 0) is 0 Å². The van der Waals surface area contributed by atoms with Crippen molar-refractivity contribution in [2.24, 2.45) is 5.92 Å². The molecule has 2 rings (SSSR count). The van der Waals surface area contributed by atoms with E-state index >= 15 is 0 Å². The minimum Gasteiger partial charge on any atom is -0.393 e. The SMILES string of the molecule is OC1CCCC(CNC2CCCSC2)C1. The third-order valence-corrected chi connectivity index (χ3v) is 4.83. The van der Waals surface area contributed by atoms with Crippen LogP contribution in [0.4, 0.5) is 0 Å². The molecule has 1 saturated heterocycles. The molecule has 1 saturated carbocycles. The quantitative estimate of drug-likeness (QED) is 0.776. The summed E-state index contributed by atoms with van der Waals surface area (Å²) in [5.74, 6) is 3.36. The van der Waals surface area contributed by atoms with Crippen molar-refractivity contribution in [2.45, 2.75) is 50.7 Å². The maximum Gasteiger partial charge on any atom is 0.0543 e. The first-order valence-corrected chi connectivity index (χ1v) is 7.49. The summed E-state index contributed by atoms with van der Waals surface area (Å²) in [4.78, 5) is 0. The van der Waals surface area contributed by atoms with Crippen LogP contribution in [0.1, 0.15) is 38.5 Å².